The van der Waals surface area contributed by atoms with Crippen LogP contribution in [0.3, 0.4) is 0 Å². The van der Waals surface area contributed by atoms with Crippen molar-refractivity contribution in [2.24, 2.45) is 5.92 Å². The number of carbonyl (C=O) groups is 4. The number of nitrogens with one attached hydrogen (secondary N) is 1. The highest BCUT2D eigenvalue weighted by Gasteiger charge is 2.58. The zero-order valence-corrected chi connectivity index (χ0v) is 24.4. The Balaban J connectivity index is 1.38. The van der Waals surface area contributed by atoms with Crippen LogP contribution in [0.15, 0.2) is 59.1 Å². The number of nitro benzene ring substituents is 2. The number of hydrogen-bond acceptors (Lipinski definition) is 12. The number of amides is 2. The third-order valence-corrected chi connectivity index (χ3v) is 8.04. The van der Waals surface area contributed by atoms with Crippen LogP contribution in [-0.2, 0) is 41.8 Å². The molecule has 0 radical (unpaired) electrons. The number of hydrogen-bond donors (Lipinski definition) is 1. The van der Waals surface area contributed by atoms with E-state index in [0.29, 0.717) is 34.8 Å². The summed E-state index contributed by atoms with van der Waals surface area (Å²) in [5.41, 5.74) is 0.873. The monoisotopic (exact) mass is 628 g/mol. The van der Waals surface area contributed by atoms with Gasteiger partial charge in [0.05, 0.1) is 21.8 Å². The largest absolute Gasteiger partial charge is 0.508 e. The highest BCUT2D eigenvalue weighted by molar-refractivity contribution is 8.03. The maximum absolute atomic E-state index is 13.3. The number of nitrogens with zero attached hydrogens (tertiary/aromatic N) is 3. The Morgan fingerprint density at radius 3 is 2.05 bits per heavy atom. The van der Waals surface area contributed by atoms with Crippen LogP contribution in [0.5, 0.6) is 0 Å². The minimum atomic E-state index is -1.03. The van der Waals surface area contributed by atoms with Crippen LogP contribution >= 0.6 is 11.8 Å². The molecule has 3 unspecified atom stereocenters. The molecule has 0 saturated carbocycles. The zero-order valence-electron chi connectivity index (χ0n) is 23.6. The van der Waals surface area contributed by atoms with Crippen LogP contribution in [-0.4, -0.2) is 63.1 Å². The molecule has 2 aromatic carbocycles. The molecular weight excluding hydrogens is 600 g/mol. The molecular formula is C28H28N4O11S. The van der Waals surface area contributed by atoms with Crippen molar-refractivity contribution in [2.45, 2.75) is 45.6 Å². The predicted molar refractivity (Wildman–Crippen MR) is 154 cm³/mol. The van der Waals surface area contributed by atoms with Gasteiger partial charge in [0.1, 0.15) is 25.0 Å². The van der Waals surface area contributed by atoms with E-state index < -0.39 is 45.9 Å². The molecule has 0 aliphatic carbocycles. The molecule has 4 rings (SSSR count). The average Bonchev–Trinajstić information content (AvgIpc) is 3.31. The molecule has 2 amide bonds. The van der Waals surface area contributed by atoms with Crippen LogP contribution in [0.1, 0.15) is 31.4 Å². The van der Waals surface area contributed by atoms with Crippen molar-refractivity contribution in [1.29, 1.82) is 0 Å². The Bertz CT molecular complexity index is 1490. The van der Waals surface area contributed by atoms with Gasteiger partial charge in [-0.2, -0.15) is 0 Å². The van der Waals surface area contributed by atoms with Crippen molar-refractivity contribution in [3.63, 3.8) is 0 Å². The molecule has 1 fully saturated rings. The fraction of sp³-hybridized carbons (Fsp3) is 0.357. The summed E-state index contributed by atoms with van der Waals surface area (Å²) in [7, 11) is 0. The molecule has 232 valence electrons. The number of carbonyl (C=O) groups excluding carboxylic acids is 4. The highest BCUT2D eigenvalue weighted by atomic mass is 32.2. The molecule has 2 aliphatic rings. The first kappa shape index (κ1) is 31.9. The second-order valence-corrected chi connectivity index (χ2v) is 11.1. The van der Waals surface area contributed by atoms with Crippen molar-refractivity contribution in [3.05, 3.63) is 90.5 Å². The zero-order chi connectivity index (χ0) is 32.0. The van der Waals surface area contributed by atoms with E-state index in [1.54, 1.807) is 6.92 Å². The van der Waals surface area contributed by atoms with Gasteiger partial charge in [-0.25, -0.2) is 9.59 Å². The van der Waals surface area contributed by atoms with Gasteiger partial charge in [-0.1, -0.05) is 0 Å². The normalized spacial score (nSPS) is 17.7. The minimum Gasteiger partial charge on any atom is -0.456 e. The molecule has 44 heavy (non-hydrogen) atoms. The van der Waals surface area contributed by atoms with Gasteiger partial charge in [-0.15, -0.1) is 11.8 Å². The predicted octanol–water partition coefficient (Wildman–Crippen LogP) is 3.60. The third kappa shape index (κ3) is 7.50. The molecule has 1 N–H and O–H groups in total. The number of rotatable bonds is 13. The molecule has 0 aromatic heterocycles. The number of non-ortho nitro benzene ring substituents is 2. The minimum absolute atomic E-state index is 0.0685. The summed E-state index contributed by atoms with van der Waals surface area (Å²) in [6.45, 7) is 2.88. The first-order chi connectivity index (χ1) is 21.0. The van der Waals surface area contributed by atoms with Gasteiger partial charge < -0.3 is 24.4 Å². The smallest absolute Gasteiger partial charge is 0.456 e. The van der Waals surface area contributed by atoms with Crippen LogP contribution in [0.2, 0.25) is 0 Å². The van der Waals surface area contributed by atoms with Gasteiger partial charge in [0.25, 0.3) is 11.4 Å². The fourth-order valence-corrected chi connectivity index (χ4v) is 5.84. The lowest BCUT2D eigenvalue weighted by molar-refractivity contribution is -0.385. The molecule has 0 bridgehead atoms. The highest BCUT2D eigenvalue weighted by Crippen LogP contribution is 2.47. The van der Waals surface area contributed by atoms with E-state index in [4.69, 9.17) is 14.2 Å². The Hall–Kier alpha value is -4.99. The number of thioether (sulfide) groups is 1. The number of ether oxygens (including phenoxy) is 3. The molecule has 2 aromatic rings. The summed E-state index contributed by atoms with van der Waals surface area (Å²) in [5.74, 6) is -1.73. The van der Waals surface area contributed by atoms with Crippen LogP contribution in [0.4, 0.5) is 16.2 Å². The fourth-order valence-electron chi connectivity index (χ4n) is 4.78. The van der Waals surface area contributed by atoms with E-state index in [9.17, 15) is 39.4 Å². The van der Waals surface area contributed by atoms with Gasteiger partial charge in [-0.3, -0.25) is 29.8 Å². The number of fused-ring (bicyclic) bond motifs is 1. The molecule has 2 heterocycles. The molecule has 0 spiro atoms. The standard InChI is InChI=1S/C28H28N4O11S/c1-16(43-28(36)42-15-19-5-9-21(10-6-19)32(39)40)24-22-13-23(44-12-11-29-17(2)33)25(30(22)26(24)34)27(35)41-14-18-3-7-20(8-4-18)31(37)38/h3-10,16,22,24H,11-15H2,1-2H3,(H,29,33). The molecule has 16 heteroatoms. The van der Waals surface area contributed by atoms with Gasteiger partial charge in [0.15, 0.2) is 0 Å². The van der Waals surface area contributed by atoms with Gasteiger partial charge >= 0.3 is 12.1 Å². The maximum Gasteiger partial charge on any atom is 0.508 e. The SMILES string of the molecule is CC(=O)NCCSC1=C(C(=O)OCc2ccc([N+](=O)[O-])cc2)N2C(=O)C(C(C)OC(=O)OCc3ccc([N+](=O)[O-])cc3)C2C1. The lowest BCUT2D eigenvalue weighted by Crippen LogP contribution is -2.62. The summed E-state index contributed by atoms with van der Waals surface area (Å²) in [4.78, 5) is 72.6. The Morgan fingerprint density at radius 1 is 0.977 bits per heavy atom. The van der Waals surface area contributed by atoms with Gasteiger partial charge in [0, 0.05) is 54.8 Å². The second-order valence-electron chi connectivity index (χ2n) is 9.89. The summed E-state index contributed by atoms with van der Waals surface area (Å²) in [6.07, 6.45) is -1.62. The average molecular weight is 629 g/mol. The first-order valence-corrected chi connectivity index (χ1v) is 14.4. The Kier molecular flexibility index (Phi) is 10.2. The van der Waals surface area contributed by atoms with E-state index in [2.05, 4.69) is 5.32 Å². The quantitative estimate of drug-likeness (QED) is 0.111. The molecule has 3 atom stereocenters. The topological polar surface area (TPSA) is 198 Å². The Labute approximate surface area is 254 Å². The van der Waals surface area contributed by atoms with Crippen LogP contribution in [0.25, 0.3) is 0 Å². The molecule has 15 nitrogen and oxygen atoms in total. The van der Waals surface area contributed by atoms with E-state index >= 15 is 0 Å². The lowest BCUT2D eigenvalue weighted by atomic mass is 9.83. The maximum atomic E-state index is 13.3. The summed E-state index contributed by atoms with van der Waals surface area (Å²) >= 11 is 1.30. The molecule has 2 aliphatic heterocycles. The molecule has 1 saturated heterocycles. The number of β-lactam (4-membered cyclic amide) rings is 1. The number of esters is 1. The van der Waals surface area contributed by atoms with E-state index in [-0.39, 0.29) is 36.2 Å². The van der Waals surface area contributed by atoms with Crippen molar-refractivity contribution in [3.8, 4) is 0 Å². The van der Waals surface area contributed by atoms with Gasteiger partial charge in [-0.05, 0) is 42.3 Å². The van der Waals surface area contributed by atoms with E-state index in [1.807, 2.05) is 0 Å². The summed E-state index contributed by atoms with van der Waals surface area (Å²) in [6, 6.07) is 10.5. The second kappa shape index (κ2) is 14.0. The van der Waals surface area contributed by atoms with Crippen LogP contribution in [0, 0.1) is 26.1 Å². The number of benzene rings is 2. The summed E-state index contributed by atoms with van der Waals surface area (Å²) < 4.78 is 15.9. The van der Waals surface area contributed by atoms with Crippen molar-refractivity contribution >= 4 is 47.1 Å². The number of nitro groups is 2. The van der Waals surface area contributed by atoms with E-state index in [1.165, 1.54) is 72.1 Å². The van der Waals surface area contributed by atoms with Gasteiger partial charge in [0.2, 0.25) is 11.8 Å². The van der Waals surface area contributed by atoms with Crippen molar-refractivity contribution < 1.29 is 43.2 Å². The summed E-state index contributed by atoms with van der Waals surface area (Å²) in [5, 5.41) is 24.4. The van der Waals surface area contributed by atoms with Crippen LogP contribution < -0.4 is 5.32 Å². The van der Waals surface area contributed by atoms with Crippen molar-refractivity contribution in [2.75, 3.05) is 12.3 Å². The first-order valence-electron chi connectivity index (χ1n) is 13.4. The third-order valence-electron chi connectivity index (χ3n) is 6.92. The lowest BCUT2D eigenvalue weighted by Gasteiger charge is -2.45. The van der Waals surface area contributed by atoms with E-state index in [0.717, 1.165) is 0 Å². The Morgan fingerprint density at radius 2 is 1.52 bits per heavy atom. The van der Waals surface area contributed by atoms with Crippen molar-refractivity contribution in [1.82, 2.24) is 10.2 Å².